The lowest BCUT2D eigenvalue weighted by Gasteiger charge is -2.19. The van der Waals surface area contributed by atoms with Crippen molar-refractivity contribution < 1.29 is 10.0 Å². The first kappa shape index (κ1) is 21.4. The third kappa shape index (κ3) is 4.80. The maximum atomic E-state index is 11.8. The second kappa shape index (κ2) is 9.43. The van der Waals surface area contributed by atoms with E-state index in [1.807, 2.05) is 13.8 Å². The number of anilines is 1. The number of carbonyl (C=O) groups excluding carboxylic acids is 1. The molecule has 0 spiro atoms. The highest BCUT2D eigenvalue weighted by molar-refractivity contribution is 5.89. The number of amides is 2. The molecule has 8 nitrogen and oxygen atoms in total. The van der Waals surface area contributed by atoms with E-state index in [1.165, 1.54) is 12.0 Å². The lowest BCUT2D eigenvalue weighted by Crippen LogP contribution is -2.41. The predicted molar refractivity (Wildman–Crippen MR) is 114 cm³/mol. The van der Waals surface area contributed by atoms with Crippen LogP contribution in [0.1, 0.15) is 70.0 Å². The van der Waals surface area contributed by atoms with Crippen LogP contribution in [0.2, 0.25) is 0 Å². The van der Waals surface area contributed by atoms with Gasteiger partial charge in [0.2, 0.25) is 0 Å². The van der Waals surface area contributed by atoms with Crippen LogP contribution in [0.25, 0.3) is 11.0 Å². The summed E-state index contributed by atoms with van der Waals surface area (Å²) in [6.45, 7) is 6.98. The van der Waals surface area contributed by atoms with E-state index in [9.17, 15) is 10.0 Å². The third-order valence-corrected chi connectivity index (χ3v) is 5.39. The van der Waals surface area contributed by atoms with Gasteiger partial charge >= 0.3 is 6.03 Å². The van der Waals surface area contributed by atoms with Crippen molar-refractivity contribution in [3.8, 4) is 0 Å². The van der Waals surface area contributed by atoms with E-state index in [0.29, 0.717) is 18.8 Å². The Morgan fingerprint density at radius 2 is 2.03 bits per heavy atom. The highest BCUT2D eigenvalue weighted by Crippen LogP contribution is 2.32. The van der Waals surface area contributed by atoms with Gasteiger partial charge in [-0.05, 0) is 64.4 Å². The zero-order valence-electron chi connectivity index (χ0n) is 17.9. The number of nitrogens with two attached hydrogens (primary N) is 1. The van der Waals surface area contributed by atoms with Gasteiger partial charge in [0, 0.05) is 24.7 Å². The summed E-state index contributed by atoms with van der Waals surface area (Å²) in [6, 6.07) is -0.455. The summed E-state index contributed by atoms with van der Waals surface area (Å²) in [5, 5.41) is 13.4. The van der Waals surface area contributed by atoms with Crippen molar-refractivity contribution >= 4 is 22.9 Å². The van der Waals surface area contributed by atoms with Gasteiger partial charge in [0.05, 0.1) is 12.1 Å². The topological polar surface area (TPSA) is 109 Å². The molecular weight excluding hydrogens is 368 g/mol. The third-order valence-electron chi connectivity index (χ3n) is 5.39. The molecule has 0 radical (unpaired) electrons. The first-order valence-electron chi connectivity index (χ1n) is 10.9. The van der Waals surface area contributed by atoms with Gasteiger partial charge in [0.1, 0.15) is 11.3 Å². The minimum absolute atomic E-state index is 0.00342. The van der Waals surface area contributed by atoms with Gasteiger partial charge in [-0.1, -0.05) is 6.92 Å². The Morgan fingerprint density at radius 1 is 1.28 bits per heavy atom. The van der Waals surface area contributed by atoms with Crippen molar-refractivity contribution in [3.63, 3.8) is 0 Å². The molecule has 8 heteroatoms. The monoisotopic (exact) mass is 402 g/mol. The Morgan fingerprint density at radius 3 is 2.76 bits per heavy atom. The summed E-state index contributed by atoms with van der Waals surface area (Å²) in [5.74, 6) is 1.58. The van der Waals surface area contributed by atoms with Gasteiger partial charge in [-0.25, -0.2) is 19.8 Å². The molecule has 160 valence electrons. The fourth-order valence-electron chi connectivity index (χ4n) is 4.06. The number of aromatic nitrogens is 3. The van der Waals surface area contributed by atoms with Gasteiger partial charge in [-0.3, -0.25) is 5.21 Å². The maximum Gasteiger partial charge on any atom is 0.341 e. The molecule has 0 atom stereocenters. The minimum Gasteiger partial charge on any atom is -0.382 e. The summed E-state index contributed by atoms with van der Waals surface area (Å²) in [4.78, 5) is 21.3. The molecule has 0 aliphatic heterocycles. The average Bonchev–Trinajstić information content (AvgIpc) is 3.04. The number of pyridine rings is 1. The van der Waals surface area contributed by atoms with Gasteiger partial charge < -0.3 is 15.6 Å². The summed E-state index contributed by atoms with van der Waals surface area (Å²) in [6.07, 6.45) is 7.79. The number of imidazole rings is 1. The average molecular weight is 403 g/mol. The highest BCUT2D eigenvalue weighted by Gasteiger charge is 2.22. The van der Waals surface area contributed by atoms with Gasteiger partial charge in [-0.2, -0.15) is 0 Å². The van der Waals surface area contributed by atoms with Crippen molar-refractivity contribution in [1.82, 2.24) is 24.9 Å². The van der Waals surface area contributed by atoms with Crippen LogP contribution in [0, 0.1) is 0 Å². The molecule has 0 unspecified atom stereocenters. The maximum absolute atomic E-state index is 11.8. The Labute approximate surface area is 172 Å². The molecule has 2 heterocycles. The fourth-order valence-corrected chi connectivity index (χ4v) is 4.06. The normalized spacial score (nSPS) is 13.7. The van der Waals surface area contributed by atoms with E-state index < -0.39 is 6.03 Å². The smallest absolute Gasteiger partial charge is 0.341 e. The molecule has 2 amide bonds. The van der Waals surface area contributed by atoms with Crippen molar-refractivity contribution in [2.24, 2.45) is 0 Å². The molecule has 0 aromatic carbocycles. The Balaban J connectivity index is 1.76. The van der Waals surface area contributed by atoms with Crippen LogP contribution in [0.15, 0.2) is 0 Å². The number of unbranched alkanes of at least 4 members (excludes halogenated alkanes) is 1. The van der Waals surface area contributed by atoms with E-state index in [4.69, 9.17) is 10.7 Å². The lowest BCUT2D eigenvalue weighted by molar-refractivity contribution is -0.0448. The molecule has 3 rings (SSSR count). The number of fused-ring (bicyclic) bond motifs is 3. The number of rotatable bonds is 8. The number of hydrogen-bond acceptors (Lipinski definition) is 5. The van der Waals surface area contributed by atoms with Crippen LogP contribution < -0.4 is 11.1 Å². The predicted octanol–water partition coefficient (Wildman–Crippen LogP) is 3.43. The summed E-state index contributed by atoms with van der Waals surface area (Å²) in [7, 11) is 0. The lowest BCUT2D eigenvalue weighted by atomic mass is 9.95. The summed E-state index contributed by atoms with van der Waals surface area (Å²) < 4.78 is 2.30. The van der Waals surface area contributed by atoms with Crippen LogP contribution in [0.5, 0.6) is 0 Å². The van der Waals surface area contributed by atoms with Crippen LogP contribution in [0.4, 0.5) is 10.6 Å². The molecule has 0 bridgehead atoms. The SMILES string of the molecule is CCCc1nc2c(N)nc3c(c2n1CCCCN(O)C(=O)NC(C)C)CCCC3. The molecule has 2 aromatic rings. The second-order valence-corrected chi connectivity index (χ2v) is 8.19. The number of urea groups is 1. The van der Waals surface area contributed by atoms with Gasteiger partial charge in [0.15, 0.2) is 5.82 Å². The van der Waals surface area contributed by atoms with Gasteiger partial charge in [0.25, 0.3) is 0 Å². The van der Waals surface area contributed by atoms with Crippen molar-refractivity contribution in [2.75, 3.05) is 12.3 Å². The zero-order valence-corrected chi connectivity index (χ0v) is 17.9. The number of carbonyl (C=O) groups is 1. The molecule has 4 N–H and O–H groups in total. The van der Waals surface area contributed by atoms with Crippen molar-refractivity contribution in [1.29, 1.82) is 0 Å². The summed E-state index contributed by atoms with van der Waals surface area (Å²) >= 11 is 0. The number of hydrogen-bond donors (Lipinski definition) is 3. The molecule has 0 saturated heterocycles. The molecule has 0 fully saturated rings. The first-order chi connectivity index (χ1) is 13.9. The van der Waals surface area contributed by atoms with E-state index in [1.54, 1.807) is 0 Å². The van der Waals surface area contributed by atoms with E-state index in [-0.39, 0.29) is 6.04 Å². The van der Waals surface area contributed by atoms with E-state index in [2.05, 4.69) is 21.8 Å². The van der Waals surface area contributed by atoms with Crippen molar-refractivity contribution in [2.45, 2.75) is 84.7 Å². The minimum atomic E-state index is -0.451. The van der Waals surface area contributed by atoms with Gasteiger partial charge in [-0.15, -0.1) is 0 Å². The number of nitrogen functional groups attached to an aromatic ring is 1. The molecule has 2 aromatic heterocycles. The van der Waals surface area contributed by atoms with Crippen LogP contribution in [0.3, 0.4) is 0 Å². The van der Waals surface area contributed by atoms with Crippen LogP contribution in [-0.4, -0.2) is 43.4 Å². The number of nitrogens with one attached hydrogen (secondary N) is 1. The second-order valence-electron chi connectivity index (χ2n) is 8.19. The van der Waals surface area contributed by atoms with Crippen LogP contribution >= 0.6 is 0 Å². The number of nitrogens with zero attached hydrogens (tertiary/aromatic N) is 4. The van der Waals surface area contributed by atoms with Crippen LogP contribution in [-0.2, 0) is 25.8 Å². The number of hydroxylamine groups is 2. The standard InChI is InChI=1S/C21H34N6O2/c1-4-9-17-25-18-19(15-10-5-6-11-16(15)24-20(18)22)26(17)12-7-8-13-27(29)21(28)23-14(2)3/h14,29H,4-13H2,1-3H3,(H2,22,24)(H,23,28). The number of aryl methyl sites for hydroxylation is 4. The molecule has 0 saturated carbocycles. The Bertz CT molecular complexity index is 861. The Kier molecular flexibility index (Phi) is 6.95. The zero-order chi connectivity index (χ0) is 21.0. The summed E-state index contributed by atoms with van der Waals surface area (Å²) in [5.41, 5.74) is 10.7. The fraction of sp³-hybridized carbons (Fsp3) is 0.667. The van der Waals surface area contributed by atoms with E-state index >= 15 is 0 Å². The van der Waals surface area contributed by atoms with Crippen molar-refractivity contribution in [3.05, 3.63) is 17.1 Å². The highest BCUT2D eigenvalue weighted by atomic mass is 16.5. The molecule has 1 aliphatic carbocycles. The van der Waals surface area contributed by atoms with E-state index in [0.717, 1.165) is 72.7 Å². The molecular formula is C21H34N6O2. The largest absolute Gasteiger partial charge is 0.382 e. The Hall–Kier alpha value is -2.35. The molecule has 1 aliphatic rings. The molecule has 29 heavy (non-hydrogen) atoms. The first-order valence-corrected chi connectivity index (χ1v) is 10.9. The quantitative estimate of drug-likeness (QED) is 0.356.